The second kappa shape index (κ2) is 4.80. The highest BCUT2D eigenvalue weighted by Gasteiger charge is 2.38. The molecule has 1 aliphatic heterocycles. The molecule has 0 saturated carbocycles. The van der Waals surface area contributed by atoms with E-state index >= 15 is 0 Å². The Morgan fingerprint density at radius 1 is 0.952 bits per heavy atom. The van der Waals surface area contributed by atoms with Crippen LogP contribution in [0, 0.1) is 5.82 Å². The Bertz CT molecular complexity index is 727. The fourth-order valence-electron chi connectivity index (χ4n) is 2.34. The number of carbonyl (C=O) groups excluding carboxylic acids is 2. The van der Waals surface area contributed by atoms with Gasteiger partial charge in [0.15, 0.2) is 0 Å². The van der Waals surface area contributed by atoms with E-state index in [1.807, 2.05) is 0 Å². The average Bonchev–Trinajstić information content (AvgIpc) is 2.72. The zero-order chi connectivity index (χ0) is 15.1. The fraction of sp³-hybridized carbons (Fsp3) is 0. The summed E-state index contributed by atoms with van der Waals surface area (Å²) in [4.78, 5) is 25.4. The quantitative estimate of drug-likeness (QED) is 0.615. The summed E-state index contributed by atoms with van der Waals surface area (Å²) in [6.07, 6.45) is 0. The number of benzene rings is 2. The minimum absolute atomic E-state index is 0.0439. The molecule has 0 aromatic heterocycles. The van der Waals surface area contributed by atoms with Crippen LogP contribution in [0.1, 0.15) is 20.7 Å². The average molecular weight is 285 g/mol. The summed E-state index contributed by atoms with van der Waals surface area (Å²) in [5.74, 6) is -1.85. The monoisotopic (exact) mass is 285 g/mol. The first kappa shape index (κ1) is 13.5. The summed E-state index contributed by atoms with van der Waals surface area (Å²) in [7, 11) is -2.00. The third-order valence-electron chi connectivity index (χ3n) is 3.30. The zero-order valence-electron chi connectivity index (χ0n) is 10.7. The molecule has 0 fully saturated rings. The van der Waals surface area contributed by atoms with E-state index in [1.54, 1.807) is 12.1 Å². The molecule has 2 aromatic carbocycles. The van der Waals surface area contributed by atoms with E-state index in [9.17, 15) is 24.0 Å². The standard InChI is InChI=1S/C14H9BFNO4/c16-8-5-6-12(11(7-8)15(20)21)17-13(18)9-3-1-2-4-10(9)14(17)19/h1-7,20-21H. The Morgan fingerprint density at radius 3 is 2.05 bits per heavy atom. The second-order valence-corrected chi connectivity index (χ2v) is 4.57. The second-order valence-electron chi connectivity index (χ2n) is 4.57. The minimum atomic E-state index is -2.00. The van der Waals surface area contributed by atoms with E-state index in [4.69, 9.17) is 0 Å². The van der Waals surface area contributed by atoms with Crippen molar-refractivity contribution in [1.82, 2.24) is 0 Å². The zero-order valence-corrected chi connectivity index (χ0v) is 10.7. The molecule has 0 unspecified atom stereocenters. The number of anilines is 1. The van der Waals surface area contributed by atoms with E-state index in [0.29, 0.717) is 0 Å². The van der Waals surface area contributed by atoms with E-state index in [0.717, 1.165) is 17.0 Å². The number of hydrogen-bond acceptors (Lipinski definition) is 4. The molecular weight excluding hydrogens is 276 g/mol. The number of fused-ring (bicyclic) bond motifs is 1. The molecule has 0 bridgehead atoms. The van der Waals surface area contributed by atoms with E-state index < -0.39 is 24.7 Å². The summed E-state index contributed by atoms with van der Waals surface area (Å²) in [6.45, 7) is 0. The fourth-order valence-corrected chi connectivity index (χ4v) is 2.34. The van der Waals surface area contributed by atoms with Gasteiger partial charge in [-0.05, 0) is 30.3 Å². The molecule has 0 saturated heterocycles. The van der Waals surface area contributed by atoms with Gasteiger partial charge in [-0.15, -0.1) is 0 Å². The van der Waals surface area contributed by atoms with Gasteiger partial charge in [0.25, 0.3) is 11.8 Å². The number of carbonyl (C=O) groups is 2. The summed E-state index contributed by atoms with van der Waals surface area (Å²) in [6, 6.07) is 9.36. The molecule has 1 heterocycles. The van der Waals surface area contributed by atoms with Gasteiger partial charge in [0.1, 0.15) is 5.82 Å². The van der Waals surface area contributed by atoms with Gasteiger partial charge in [0, 0.05) is 5.46 Å². The van der Waals surface area contributed by atoms with Crippen LogP contribution in [0.25, 0.3) is 0 Å². The van der Waals surface area contributed by atoms with Crippen LogP contribution in [0.3, 0.4) is 0 Å². The maximum atomic E-state index is 13.2. The van der Waals surface area contributed by atoms with Gasteiger partial charge in [0.05, 0.1) is 16.8 Å². The first-order chi connectivity index (χ1) is 10.0. The predicted octanol–water partition coefficient (Wildman–Crippen LogP) is 0.306. The number of hydrogen-bond donors (Lipinski definition) is 2. The normalized spacial score (nSPS) is 13.6. The topological polar surface area (TPSA) is 77.8 Å². The lowest BCUT2D eigenvalue weighted by molar-refractivity contribution is 0.0926. The van der Waals surface area contributed by atoms with Crippen molar-refractivity contribution in [2.45, 2.75) is 0 Å². The van der Waals surface area contributed by atoms with Crippen LogP contribution in [0.5, 0.6) is 0 Å². The van der Waals surface area contributed by atoms with Crippen LogP contribution in [-0.2, 0) is 0 Å². The highest BCUT2D eigenvalue weighted by molar-refractivity contribution is 6.61. The Hall–Kier alpha value is -2.51. The van der Waals surface area contributed by atoms with Crippen LogP contribution in [0.4, 0.5) is 10.1 Å². The van der Waals surface area contributed by atoms with Crippen LogP contribution in [0.15, 0.2) is 42.5 Å². The van der Waals surface area contributed by atoms with Crippen molar-refractivity contribution in [3.05, 3.63) is 59.4 Å². The number of nitrogens with zero attached hydrogens (tertiary/aromatic N) is 1. The molecule has 1 aliphatic rings. The first-order valence-electron chi connectivity index (χ1n) is 6.14. The molecule has 0 radical (unpaired) electrons. The smallest absolute Gasteiger partial charge is 0.423 e. The van der Waals surface area contributed by atoms with Gasteiger partial charge < -0.3 is 10.0 Å². The van der Waals surface area contributed by atoms with Crippen LogP contribution in [0.2, 0.25) is 0 Å². The number of amides is 2. The van der Waals surface area contributed by atoms with Crippen molar-refractivity contribution in [2.75, 3.05) is 4.90 Å². The summed E-state index contributed by atoms with van der Waals surface area (Å²) in [5, 5.41) is 18.6. The highest BCUT2D eigenvalue weighted by atomic mass is 19.1. The molecule has 0 spiro atoms. The SMILES string of the molecule is O=C1c2ccccc2C(=O)N1c1ccc(F)cc1B(O)O. The van der Waals surface area contributed by atoms with Crippen LogP contribution >= 0.6 is 0 Å². The Kier molecular flexibility index (Phi) is 3.08. The van der Waals surface area contributed by atoms with E-state index in [2.05, 4.69) is 0 Å². The third-order valence-corrected chi connectivity index (χ3v) is 3.30. The minimum Gasteiger partial charge on any atom is -0.423 e. The van der Waals surface area contributed by atoms with Crippen molar-refractivity contribution in [3.8, 4) is 0 Å². The summed E-state index contributed by atoms with van der Waals surface area (Å²) < 4.78 is 13.2. The van der Waals surface area contributed by atoms with Crippen molar-refractivity contribution >= 4 is 30.1 Å². The molecule has 2 N–H and O–H groups in total. The van der Waals surface area contributed by atoms with Crippen LogP contribution in [-0.4, -0.2) is 29.0 Å². The third kappa shape index (κ3) is 2.03. The van der Waals surface area contributed by atoms with E-state index in [1.165, 1.54) is 18.2 Å². The van der Waals surface area contributed by atoms with Crippen molar-refractivity contribution in [1.29, 1.82) is 0 Å². The Labute approximate surface area is 119 Å². The predicted molar refractivity (Wildman–Crippen MR) is 73.8 cm³/mol. The van der Waals surface area contributed by atoms with E-state index in [-0.39, 0.29) is 22.3 Å². The number of rotatable bonds is 2. The van der Waals surface area contributed by atoms with Gasteiger partial charge in [-0.3, -0.25) is 9.59 Å². The number of imide groups is 1. The molecule has 2 amide bonds. The number of halogens is 1. The molecule has 7 heteroatoms. The Morgan fingerprint density at radius 2 is 1.52 bits per heavy atom. The van der Waals surface area contributed by atoms with Crippen molar-refractivity contribution in [2.24, 2.45) is 0 Å². The highest BCUT2D eigenvalue weighted by Crippen LogP contribution is 2.27. The first-order valence-corrected chi connectivity index (χ1v) is 6.14. The lowest BCUT2D eigenvalue weighted by Crippen LogP contribution is -2.40. The summed E-state index contributed by atoms with van der Waals surface area (Å²) in [5.41, 5.74) is 0.164. The van der Waals surface area contributed by atoms with Gasteiger partial charge >= 0.3 is 7.12 Å². The van der Waals surface area contributed by atoms with Gasteiger partial charge in [-0.2, -0.15) is 0 Å². The molecular formula is C14H9BFNO4. The molecule has 3 rings (SSSR count). The van der Waals surface area contributed by atoms with Gasteiger partial charge in [-0.1, -0.05) is 12.1 Å². The Balaban J connectivity index is 2.16. The molecule has 5 nitrogen and oxygen atoms in total. The molecule has 0 aliphatic carbocycles. The van der Waals surface area contributed by atoms with Gasteiger partial charge in [-0.25, -0.2) is 9.29 Å². The van der Waals surface area contributed by atoms with Crippen molar-refractivity contribution < 1.29 is 24.0 Å². The molecule has 0 atom stereocenters. The maximum absolute atomic E-state index is 13.2. The van der Waals surface area contributed by atoms with Crippen molar-refractivity contribution in [3.63, 3.8) is 0 Å². The molecule has 104 valence electrons. The lowest BCUT2D eigenvalue weighted by atomic mass is 9.78. The molecule has 21 heavy (non-hydrogen) atoms. The summed E-state index contributed by atoms with van der Waals surface area (Å²) >= 11 is 0. The lowest BCUT2D eigenvalue weighted by Gasteiger charge is -2.18. The molecule has 2 aromatic rings. The largest absolute Gasteiger partial charge is 0.490 e. The van der Waals surface area contributed by atoms with Crippen LogP contribution < -0.4 is 10.4 Å². The maximum Gasteiger partial charge on any atom is 0.490 e. The van der Waals surface area contributed by atoms with Gasteiger partial charge in [0.2, 0.25) is 0 Å².